The molecule has 0 aliphatic carbocycles. The van der Waals surface area contributed by atoms with Crippen molar-refractivity contribution in [2.24, 2.45) is 0 Å². The van der Waals surface area contributed by atoms with Crippen LogP contribution in [0.4, 0.5) is 5.69 Å². The molecule has 0 saturated carbocycles. The van der Waals surface area contributed by atoms with Gasteiger partial charge in [-0.3, -0.25) is 34.2 Å². The van der Waals surface area contributed by atoms with Crippen LogP contribution < -0.4 is 10.6 Å². The topological polar surface area (TPSA) is 113 Å². The van der Waals surface area contributed by atoms with Gasteiger partial charge in [0.05, 0.1) is 0 Å². The van der Waals surface area contributed by atoms with Gasteiger partial charge in [0.15, 0.2) is 0 Å². The molecule has 9 heteroatoms. The third-order valence-corrected chi connectivity index (χ3v) is 6.27. The fourth-order valence-electron chi connectivity index (χ4n) is 4.28. The van der Waals surface area contributed by atoms with Crippen molar-refractivity contribution >= 4 is 46.7 Å². The minimum atomic E-state index is -1.01. The molecule has 0 aromatic heterocycles. The molecular formula is C26H24ClN3O5. The molecule has 0 spiro atoms. The number of Topliss-reactive ketones (excluding diaryl/α,β-unsaturated/α-hetero) is 1. The highest BCUT2D eigenvalue weighted by molar-refractivity contribution is 6.30. The van der Waals surface area contributed by atoms with E-state index >= 15 is 0 Å². The van der Waals surface area contributed by atoms with E-state index in [0.29, 0.717) is 23.6 Å². The number of rotatable bonds is 8. The summed E-state index contributed by atoms with van der Waals surface area (Å²) >= 11 is 6.00. The van der Waals surface area contributed by atoms with Crippen LogP contribution in [0.15, 0.2) is 60.3 Å². The Bertz CT molecular complexity index is 1260. The lowest BCUT2D eigenvalue weighted by molar-refractivity contribution is -0.149. The summed E-state index contributed by atoms with van der Waals surface area (Å²) in [6, 6.07) is 13.5. The Balaban J connectivity index is 1.40. The van der Waals surface area contributed by atoms with E-state index in [1.54, 1.807) is 24.3 Å². The number of carbonyl (C=O) groups is 5. The van der Waals surface area contributed by atoms with E-state index in [4.69, 9.17) is 11.6 Å². The first kappa shape index (κ1) is 24.3. The average Bonchev–Trinajstić information content (AvgIpc) is 3.07. The lowest BCUT2D eigenvalue weighted by atomic mass is 9.93. The third kappa shape index (κ3) is 5.66. The molecule has 2 heterocycles. The molecule has 2 unspecified atom stereocenters. The minimum Gasteiger partial charge on any atom is -0.351 e. The van der Waals surface area contributed by atoms with Gasteiger partial charge >= 0.3 is 0 Å². The van der Waals surface area contributed by atoms with Crippen molar-refractivity contribution < 1.29 is 24.0 Å². The SMILES string of the molecule is CC(CC(=O)Cc1cccc(Cl)c1)c1cccc(NC2=CC(=O)N(C3CCC(=O)NC3=O)C2=O)c1. The second-order valence-corrected chi connectivity index (χ2v) is 9.18. The molecule has 8 nitrogen and oxygen atoms in total. The van der Waals surface area contributed by atoms with E-state index in [1.165, 1.54) is 0 Å². The van der Waals surface area contributed by atoms with Crippen LogP contribution in [-0.2, 0) is 30.4 Å². The zero-order valence-electron chi connectivity index (χ0n) is 19.0. The highest BCUT2D eigenvalue weighted by Gasteiger charge is 2.42. The van der Waals surface area contributed by atoms with Crippen molar-refractivity contribution in [2.75, 3.05) is 5.32 Å². The van der Waals surface area contributed by atoms with Crippen LogP contribution in [0.25, 0.3) is 0 Å². The highest BCUT2D eigenvalue weighted by atomic mass is 35.5. The van der Waals surface area contributed by atoms with Crippen molar-refractivity contribution in [1.82, 2.24) is 10.2 Å². The standard InChI is InChI=1S/C26H24ClN3O5/c1-15(10-20(31)12-16-4-2-6-18(27)11-16)17-5-3-7-19(13-17)28-21-14-24(33)30(26(21)35)22-8-9-23(32)29-25(22)34/h2-7,11,13-15,22,28H,8-10,12H2,1H3,(H,29,32,34). The summed E-state index contributed by atoms with van der Waals surface area (Å²) in [6.07, 6.45) is 1.93. The lowest BCUT2D eigenvalue weighted by Crippen LogP contribution is -2.54. The van der Waals surface area contributed by atoms with Gasteiger partial charge in [0, 0.05) is 36.0 Å². The van der Waals surface area contributed by atoms with Gasteiger partial charge in [-0.1, -0.05) is 42.8 Å². The van der Waals surface area contributed by atoms with E-state index in [9.17, 15) is 24.0 Å². The van der Waals surface area contributed by atoms with Gasteiger partial charge in [-0.2, -0.15) is 0 Å². The van der Waals surface area contributed by atoms with E-state index in [-0.39, 0.29) is 30.2 Å². The molecule has 2 aliphatic heterocycles. The zero-order chi connectivity index (χ0) is 25.1. The van der Waals surface area contributed by atoms with E-state index in [2.05, 4.69) is 10.6 Å². The molecule has 1 fully saturated rings. The summed E-state index contributed by atoms with van der Waals surface area (Å²) in [5.74, 6) is -2.30. The maximum Gasteiger partial charge on any atom is 0.278 e. The molecule has 1 saturated heterocycles. The number of hydrogen-bond acceptors (Lipinski definition) is 6. The quantitative estimate of drug-likeness (QED) is 0.546. The van der Waals surface area contributed by atoms with E-state index in [1.807, 2.05) is 31.2 Å². The van der Waals surface area contributed by atoms with Crippen LogP contribution in [0, 0.1) is 0 Å². The Morgan fingerprint density at radius 2 is 1.91 bits per heavy atom. The Kier molecular flexibility index (Phi) is 7.12. The second-order valence-electron chi connectivity index (χ2n) is 8.74. The smallest absolute Gasteiger partial charge is 0.278 e. The molecule has 0 bridgehead atoms. The van der Waals surface area contributed by atoms with Crippen LogP contribution in [0.1, 0.15) is 43.2 Å². The number of piperidine rings is 1. The lowest BCUT2D eigenvalue weighted by Gasteiger charge is -2.28. The number of nitrogens with zero attached hydrogens (tertiary/aromatic N) is 1. The molecule has 2 N–H and O–H groups in total. The number of imide groups is 2. The number of nitrogens with one attached hydrogen (secondary N) is 2. The minimum absolute atomic E-state index is 0.0431. The molecule has 2 aliphatic rings. The molecule has 180 valence electrons. The first-order valence-electron chi connectivity index (χ1n) is 11.3. The van der Waals surface area contributed by atoms with Crippen LogP contribution in [0.5, 0.6) is 0 Å². The zero-order valence-corrected chi connectivity index (χ0v) is 19.8. The van der Waals surface area contributed by atoms with E-state index < -0.39 is 29.7 Å². The Morgan fingerprint density at radius 3 is 2.66 bits per heavy atom. The molecule has 2 aromatic rings. The summed E-state index contributed by atoms with van der Waals surface area (Å²) < 4.78 is 0. The number of halogens is 1. The van der Waals surface area contributed by atoms with Crippen molar-refractivity contribution in [3.8, 4) is 0 Å². The van der Waals surface area contributed by atoms with Crippen LogP contribution in [0.3, 0.4) is 0 Å². The number of amides is 4. The normalized spacial score (nSPS) is 18.9. The second kappa shape index (κ2) is 10.2. The predicted octanol–water partition coefficient (Wildman–Crippen LogP) is 3.12. The van der Waals surface area contributed by atoms with Gasteiger partial charge in [-0.15, -0.1) is 0 Å². The van der Waals surface area contributed by atoms with E-state index in [0.717, 1.165) is 22.1 Å². The van der Waals surface area contributed by atoms with Gasteiger partial charge < -0.3 is 5.32 Å². The number of hydrogen-bond donors (Lipinski definition) is 2. The summed E-state index contributed by atoms with van der Waals surface area (Å²) in [7, 11) is 0. The fourth-order valence-corrected chi connectivity index (χ4v) is 4.50. The van der Waals surface area contributed by atoms with Gasteiger partial charge in [-0.05, 0) is 47.7 Å². The number of benzene rings is 2. The Labute approximate surface area is 207 Å². The Morgan fingerprint density at radius 1 is 1.14 bits per heavy atom. The predicted molar refractivity (Wildman–Crippen MR) is 129 cm³/mol. The average molecular weight is 494 g/mol. The number of anilines is 1. The molecule has 0 radical (unpaired) electrons. The van der Waals surface area contributed by atoms with Crippen molar-refractivity contribution in [2.45, 2.75) is 44.6 Å². The molecule has 2 aromatic carbocycles. The maximum absolute atomic E-state index is 12.9. The van der Waals surface area contributed by atoms with Crippen molar-refractivity contribution in [3.05, 3.63) is 76.5 Å². The van der Waals surface area contributed by atoms with Gasteiger partial charge in [0.25, 0.3) is 11.8 Å². The summed E-state index contributed by atoms with van der Waals surface area (Å²) in [5, 5.41) is 5.71. The number of carbonyl (C=O) groups excluding carboxylic acids is 5. The maximum atomic E-state index is 12.9. The largest absolute Gasteiger partial charge is 0.351 e. The first-order chi connectivity index (χ1) is 16.7. The van der Waals surface area contributed by atoms with Crippen LogP contribution in [0.2, 0.25) is 5.02 Å². The number of ketones is 1. The van der Waals surface area contributed by atoms with Gasteiger partial charge in [0.1, 0.15) is 17.5 Å². The first-order valence-corrected chi connectivity index (χ1v) is 11.6. The monoisotopic (exact) mass is 493 g/mol. The summed E-state index contributed by atoms with van der Waals surface area (Å²) in [6.45, 7) is 1.95. The molecule has 4 rings (SSSR count). The summed E-state index contributed by atoms with van der Waals surface area (Å²) in [5.41, 5.74) is 2.38. The molecule has 35 heavy (non-hydrogen) atoms. The van der Waals surface area contributed by atoms with Crippen LogP contribution in [-0.4, -0.2) is 40.4 Å². The fraction of sp³-hybridized carbons (Fsp3) is 0.269. The van der Waals surface area contributed by atoms with Crippen molar-refractivity contribution in [3.63, 3.8) is 0 Å². The van der Waals surface area contributed by atoms with Crippen molar-refractivity contribution in [1.29, 1.82) is 0 Å². The summed E-state index contributed by atoms with van der Waals surface area (Å²) in [4.78, 5) is 62.3. The Hall–Kier alpha value is -3.78. The molecular weight excluding hydrogens is 470 g/mol. The highest BCUT2D eigenvalue weighted by Crippen LogP contribution is 2.26. The third-order valence-electron chi connectivity index (χ3n) is 6.04. The van der Waals surface area contributed by atoms with Gasteiger partial charge in [-0.25, -0.2) is 0 Å². The molecule has 4 amide bonds. The molecule has 2 atom stereocenters. The van der Waals surface area contributed by atoms with Gasteiger partial charge in [0.2, 0.25) is 11.8 Å². The van der Waals surface area contributed by atoms with Crippen LogP contribution >= 0.6 is 11.6 Å².